The van der Waals surface area contributed by atoms with Crippen LogP contribution in [-0.2, 0) is 14.3 Å². The highest BCUT2D eigenvalue weighted by atomic mass is 19.1. The predicted octanol–water partition coefficient (Wildman–Crippen LogP) is 6.46. The number of alkyl carbamates (subject to hydrolysis) is 1. The fraction of sp³-hybridized carbons (Fsp3) is 0.310. The Morgan fingerprint density at radius 3 is 2.19 bits per heavy atom. The van der Waals surface area contributed by atoms with Crippen LogP contribution in [0.2, 0.25) is 0 Å². The molecule has 0 saturated heterocycles. The van der Waals surface area contributed by atoms with Crippen LogP contribution in [0.5, 0.6) is 5.75 Å². The zero-order chi connectivity index (χ0) is 26.3. The van der Waals surface area contributed by atoms with Crippen LogP contribution in [0.4, 0.5) is 9.18 Å². The number of benzene rings is 3. The van der Waals surface area contributed by atoms with Gasteiger partial charge >= 0.3 is 12.1 Å². The molecule has 1 amide bonds. The summed E-state index contributed by atoms with van der Waals surface area (Å²) in [5, 5.41) is 2.48. The van der Waals surface area contributed by atoms with E-state index in [0.29, 0.717) is 5.75 Å². The van der Waals surface area contributed by atoms with Gasteiger partial charge in [0.05, 0.1) is 0 Å². The average molecular weight is 494 g/mol. The topological polar surface area (TPSA) is 73.9 Å². The Kier molecular flexibility index (Phi) is 8.69. The number of halogens is 1. The normalized spacial score (nSPS) is 13.7. The van der Waals surface area contributed by atoms with E-state index < -0.39 is 41.7 Å². The summed E-state index contributed by atoms with van der Waals surface area (Å²) in [6.07, 6.45) is -2.23. The van der Waals surface area contributed by atoms with Crippen LogP contribution < -0.4 is 10.1 Å². The maximum atomic E-state index is 13.8. The maximum absolute atomic E-state index is 13.8. The zero-order valence-electron chi connectivity index (χ0n) is 21.2. The van der Waals surface area contributed by atoms with Crippen LogP contribution in [0, 0.1) is 5.82 Å². The molecule has 3 aromatic carbocycles. The molecule has 0 unspecified atom stereocenters. The highest BCUT2D eigenvalue weighted by molar-refractivity contribution is 5.81. The lowest BCUT2D eigenvalue weighted by Crippen LogP contribution is -2.43. The molecule has 36 heavy (non-hydrogen) atoms. The van der Waals surface area contributed by atoms with Gasteiger partial charge in [0, 0.05) is 6.07 Å². The zero-order valence-corrected chi connectivity index (χ0v) is 21.2. The lowest BCUT2D eigenvalue weighted by atomic mass is 9.98. The van der Waals surface area contributed by atoms with E-state index in [0.717, 1.165) is 16.7 Å². The minimum absolute atomic E-state index is 0.299. The lowest BCUT2D eigenvalue weighted by Gasteiger charge is -2.27. The van der Waals surface area contributed by atoms with E-state index in [1.807, 2.05) is 54.6 Å². The number of hydrogen-bond acceptors (Lipinski definition) is 5. The lowest BCUT2D eigenvalue weighted by molar-refractivity contribution is -0.155. The molecule has 3 aromatic rings. The summed E-state index contributed by atoms with van der Waals surface area (Å²) in [5.41, 5.74) is 2.02. The number of ether oxygens (including phenoxy) is 3. The molecule has 0 fully saturated rings. The molecule has 0 aliphatic rings. The number of hydrogen-bond donors (Lipinski definition) is 1. The summed E-state index contributed by atoms with van der Waals surface area (Å²) in [4.78, 5) is 24.8. The molecule has 3 atom stereocenters. The highest BCUT2D eigenvalue weighted by Gasteiger charge is 2.29. The van der Waals surface area contributed by atoms with Crippen molar-refractivity contribution in [3.63, 3.8) is 0 Å². The highest BCUT2D eigenvalue weighted by Crippen LogP contribution is 2.30. The molecule has 0 saturated carbocycles. The van der Waals surface area contributed by atoms with Crippen molar-refractivity contribution in [1.29, 1.82) is 0 Å². The predicted molar refractivity (Wildman–Crippen MR) is 136 cm³/mol. The third-order valence-corrected chi connectivity index (χ3v) is 5.20. The van der Waals surface area contributed by atoms with Crippen LogP contribution in [0.25, 0.3) is 11.1 Å². The fourth-order valence-corrected chi connectivity index (χ4v) is 3.54. The van der Waals surface area contributed by atoms with Crippen molar-refractivity contribution < 1.29 is 28.2 Å². The van der Waals surface area contributed by atoms with Gasteiger partial charge in [-0.15, -0.1) is 0 Å². The van der Waals surface area contributed by atoms with E-state index in [-0.39, 0.29) is 0 Å². The Balaban J connectivity index is 1.82. The Morgan fingerprint density at radius 1 is 0.861 bits per heavy atom. The van der Waals surface area contributed by atoms with Gasteiger partial charge in [0.2, 0.25) is 0 Å². The van der Waals surface area contributed by atoms with Crippen LogP contribution in [-0.4, -0.2) is 29.8 Å². The molecule has 1 N–H and O–H groups in total. The van der Waals surface area contributed by atoms with Crippen LogP contribution in [0.15, 0.2) is 78.9 Å². The Labute approximate surface area is 211 Å². The average Bonchev–Trinajstić information content (AvgIpc) is 2.82. The molecule has 0 aliphatic carbocycles. The van der Waals surface area contributed by atoms with Gasteiger partial charge in [0.15, 0.2) is 6.10 Å². The van der Waals surface area contributed by atoms with Gasteiger partial charge in [-0.1, -0.05) is 54.6 Å². The molecule has 3 rings (SSSR count). The second-order valence-electron chi connectivity index (χ2n) is 9.50. The fourth-order valence-electron chi connectivity index (χ4n) is 3.54. The first-order valence-electron chi connectivity index (χ1n) is 11.8. The SMILES string of the molecule is C[C@H](NC(=O)OC(C)(C)C)C(=O)O[C@@H](C)[C@H](Oc1cccc(F)c1)c1cccc(-c2ccccc2)c1. The summed E-state index contributed by atoms with van der Waals surface area (Å²) in [6.45, 7) is 8.40. The smallest absolute Gasteiger partial charge is 0.408 e. The summed E-state index contributed by atoms with van der Waals surface area (Å²) in [5.74, 6) is -0.794. The Hall–Kier alpha value is -3.87. The van der Waals surface area contributed by atoms with Crippen molar-refractivity contribution in [3.05, 3.63) is 90.2 Å². The molecular weight excluding hydrogens is 461 g/mol. The first-order chi connectivity index (χ1) is 17.0. The molecule has 0 aliphatic heterocycles. The minimum atomic E-state index is -0.951. The monoisotopic (exact) mass is 493 g/mol. The second-order valence-corrected chi connectivity index (χ2v) is 9.50. The number of esters is 1. The number of rotatable bonds is 8. The van der Waals surface area contributed by atoms with Crippen LogP contribution >= 0.6 is 0 Å². The van der Waals surface area contributed by atoms with Crippen molar-refractivity contribution in [1.82, 2.24) is 5.32 Å². The molecule has 0 radical (unpaired) electrons. The number of nitrogens with one attached hydrogen (secondary N) is 1. The van der Waals surface area contributed by atoms with E-state index >= 15 is 0 Å². The number of amides is 1. The quantitative estimate of drug-likeness (QED) is 0.365. The third-order valence-electron chi connectivity index (χ3n) is 5.20. The maximum Gasteiger partial charge on any atom is 0.408 e. The molecule has 7 heteroatoms. The molecule has 0 spiro atoms. The van der Waals surface area contributed by atoms with Gasteiger partial charge in [-0.3, -0.25) is 0 Å². The van der Waals surface area contributed by atoms with E-state index in [4.69, 9.17) is 14.2 Å². The number of carbonyl (C=O) groups excluding carboxylic acids is 2. The molecule has 0 aromatic heterocycles. The molecule has 0 bridgehead atoms. The number of carbonyl (C=O) groups is 2. The van der Waals surface area contributed by atoms with Gasteiger partial charge in [0.1, 0.15) is 29.3 Å². The van der Waals surface area contributed by atoms with Crippen molar-refractivity contribution in [2.24, 2.45) is 0 Å². The first-order valence-corrected chi connectivity index (χ1v) is 11.8. The van der Waals surface area contributed by atoms with Crippen molar-refractivity contribution in [3.8, 4) is 16.9 Å². The molecule has 0 heterocycles. The van der Waals surface area contributed by atoms with Crippen LogP contribution in [0.3, 0.4) is 0 Å². The van der Waals surface area contributed by atoms with Gasteiger partial charge in [0.25, 0.3) is 0 Å². The second kappa shape index (κ2) is 11.7. The summed E-state index contributed by atoms with van der Waals surface area (Å²) < 4.78 is 30.9. The van der Waals surface area contributed by atoms with Crippen molar-refractivity contribution >= 4 is 12.1 Å². The van der Waals surface area contributed by atoms with Crippen molar-refractivity contribution in [2.75, 3.05) is 0 Å². The standard InChI is InChI=1S/C29H32FNO5/c1-19(31-28(33)36-29(3,4)5)27(32)34-20(2)26(35-25-16-10-15-24(30)18-25)23-14-9-13-22(17-23)21-11-7-6-8-12-21/h6-20,26H,1-5H3,(H,31,33)/t19-,20-,26-/m0/s1. The molecular formula is C29H32FNO5. The van der Waals surface area contributed by atoms with Gasteiger partial charge in [-0.25, -0.2) is 14.0 Å². The van der Waals surface area contributed by atoms with Gasteiger partial charge in [-0.05, 0) is 69.5 Å². The van der Waals surface area contributed by atoms with E-state index in [1.54, 1.807) is 39.8 Å². The first kappa shape index (κ1) is 26.7. The molecule has 6 nitrogen and oxygen atoms in total. The van der Waals surface area contributed by atoms with E-state index in [2.05, 4.69) is 5.32 Å². The van der Waals surface area contributed by atoms with E-state index in [1.165, 1.54) is 19.1 Å². The summed E-state index contributed by atoms with van der Waals surface area (Å²) >= 11 is 0. The van der Waals surface area contributed by atoms with Crippen molar-refractivity contribution in [2.45, 2.75) is 58.5 Å². The van der Waals surface area contributed by atoms with E-state index in [9.17, 15) is 14.0 Å². The van der Waals surface area contributed by atoms with Crippen LogP contribution in [0.1, 0.15) is 46.3 Å². The largest absolute Gasteiger partial charge is 0.482 e. The third kappa shape index (κ3) is 7.83. The Bertz CT molecular complexity index is 1180. The Morgan fingerprint density at radius 2 is 1.53 bits per heavy atom. The molecule has 190 valence electrons. The minimum Gasteiger partial charge on any atom is -0.482 e. The summed E-state index contributed by atoms with van der Waals surface area (Å²) in [6, 6.07) is 22.3. The van der Waals surface area contributed by atoms with Gasteiger partial charge < -0.3 is 19.5 Å². The summed E-state index contributed by atoms with van der Waals surface area (Å²) in [7, 11) is 0. The van der Waals surface area contributed by atoms with Gasteiger partial charge in [-0.2, -0.15) is 0 Å².